The standard InChI is InChI=1S/C19H22BrN5O4/c1-5-8-29-18(26)15-11(4)21-19-22-23-24-25(19)16(15)12-9-13(20)17(28-7-3)14(10-12)27-6-2/h5,9-10,16H,1,6-8H2,2-4H3,(H,21,22,24). The van der Waals surface area contributed by atoms with E-state index in [1.54, 1.807) is 6.92 Å². The zero-order chi connectivity index (χ0) is 21.0. The molecule has 1 aliphatic rings. The molecular formula is C19H22BrN5O4. The Kier molecular flexibility index (Phi) is 6.53. The Morgan fingerprint density at radius 3 is 2.79 bits per heavy atom. The van der Waals surface area contributed by atoms with E-state index in [2.05, 4.69) is 43.4 Å². The Hall–Kier alpha value is -2.88. The molecule has 1 aromatic carbocycles. The number of halogens is 1. The Bertz CT molecular complexity index is 956. The number of allylic oxidation sites excluding steroid dienone is 1. The van der Waals surface area contributed by atoms with Crippen LogP contribution >= 0.6 is 15.9 Å². The molecule has 0 amide bonds. The molecule has 3 rings (SSSR count). The summed E-state index contributed by atoms with van der Waals surface area (Å²) >= 11 is 3.55. The molecule has 0 saturated carbocycles. The van der Waals surface area contributed by atoms with E-state index in [4.69, 9.17) is 14.2 Å². The maximum absolute atomic E-state index is 12.8. The number of nitrogens with one attached hydrogen (secondary N) is 1. The van der Waals surface area contributed by atoms with E-state index in [9.17, 15) is 4.79 Å². The monoisotopic (exact) mass is 463 g/mol. The van der Waals surface area contributed by atoms with Crippen molar-refractivity contribution in [3.05, 3.63) is 46.1 Å². The second kappa shape index (κ2) is 9.08. The van der Waals surface area contributed by atoms with Gasteiger partial charge in [0.2, 0.25) is 5.95 Å². The first-order valence-electron chi connectivity index (χ1n) is 9.14. The molecular weight excluding hydrogens is 442 g/mol. The summed E-state index contributed by atoms with van der Waals surface area (Å²) in [6.45, 7) is 10.2. The topological polar surface area (TPSA) is 100 Å². The largest absolute Gasteiger partial charge is 0.490 e. The first kappa shape index (κ1) is 20.8. The van der Waals surface area contributed by atoms with Crippen LogP contribution < -0.4 is 14.8 Å². The van der Waals surface area contributed by atoms with Crippen molar-refractivity contribution in [3.8, 4) is 11.5 Å². The fourth-order valence-electron chi connectivity index (χ4n) is 3.09. The normalized spacial score (nSPS) is 15.4. The van der Waals surface area contributed by atoms with Crippen molar-refractivity contribution in [2.45, 2.75) is 26.8 Å². The van der Waals surface area contributed by atoms with E-state index in [0.717, 1.165) is 5.56 Å². The summed E-state index contributed by atoms with van der Waals surface area (Å²) in [7, 11) is 0. The van der Waals surface area contributed by atoms with Crippen LogP contribution in [0.2, 0.25) is 0 Å². The van der Waals surface area contributed by atoms with Crippen LogP contribution in [-0.4, -0.2) is 46.0 Å². The maximum Gasteiger partial charge on any atom is 0.338 e. The van der Waals surface area contributed by atoms with Gasteiger partial charge in [0.15, 0.2) is 11.5 Å². The smallest absolute Gasteiger partial charge is 0.338 e. The number of esters is 1. The lowest BCUT2D eigenvalue weighted by molar-refractivity contribution is -0.138. The predicted molar refractivity (Wildman–Crippen MR) is 110 cm³/mol. The Balaban J connectivity index is 2.15. The number of aromatic nitrogens is 4. The molecule has 9 nitrogen and oxygen atoms in total. The highest BCUT2D eigenvalue weighted by Gasteiger charge is 2.35. The van der Waals surface area contributed by atoms with Crippen molar-refractivity contribution in [2.75, 3.05) is 25.1 Å². The third-order valence-electron chi connectivity index (χ3n) is 4.20. The average Bonchev–Trinajstić information content (AvgIpc) is 3.15. The van der Waals surface area contributed by atoms with Crippen molar-refractivity contribution < 1.29 is 19.0 Å². The quantitative estimate of drug-likeness (QED) is 0.470. The van der Waals surface area contributed by atoms with E-state index in [0.29, 0.717) is 46.4 Å². The van der Waals surface area contributed by atoms with Crippen molar-refractivity contribution in [1.82, 2.24) is 20.2 Å². The molecule has 0 radical (unpaired) electrons. The van der Waals surface area contributed by atoms with Crippen LogP contribution in [0.5, 0.6) is 11.5 Å². The third kappa shape index (κ3) is 4.12. The lowest BCUT2D eigenvalue weighted by Gasteiger charge is -2.28. The van der Waals surface area contributed by atoms with E-state index in [1.165, 1.54) is 10.8 Å². The van der Waals surface area contributed by atoms with Crippen LogP contribution in [0.25, 0.3) is 0 Å². The highest BCUT2D eigenvalue weighted by Crippen LogP contribution is 2.42. The van der Waals surface area contributed by atoms with Crippen molar-refractivity contribution in [3.63, 3.8) is 0 Å². The van der Waals surface area contributed by atoms with E-state index < -0.39 is 12.0 Å². The van der Waals surface area contributed by atoms with Crippen LogP contribution in [0.3, 0.4) is 0 Å². The SMILES string of the molecule is C=CCOC(=O)C1=C(C)Nc2nnnn2C1c1cc(Br)c(OCC)c(OCC)c1. The second-order valence-corrected chi connectivity index (χ2v) is 6.95. The molecule has 2 aromatic rings. The molecule has 0 fully saturated rings. The van der Waals surface area contributed by atoms with Gasteiger partial charge in [-0.15, -0.1) is 0 Å². The molecule has 1 unspecified atom stereocenters. The Labute approximate surface area is 176 Å². The van der Waals surface area contributed by atoms with Crippen molar-refractivity contribution in [2.24, 2.45) is 0 Å². The first-order chi connectivity index (χ1) is 14.0. The minimum absolute atomic E-state index is 0.0992. The van der Waals surface area contributed by atoms with Crippen molar-refractivity contribution in [1.29, 1.82) is 0 Å². The number of rotatable bonds is 8. The van der Waals surface area contributed by atoms with Crippen LogP contribution in [0.4, 0.5) is 5.95 Å². The van der Waals surface area contributed by atoms with Gasteiger partial charge < -0.3 is 19.5 Å². The lowest BCUT2D eigenvalue weighted by atomic mass is 9.95. The number of nitrogens with zero attached hydrogens (tertiary/aromatic N) is 4. The van der Waals surface area contributed by atoms with Gasteiger partial charge in [-0.1, -0.05) is 17.8 Å². The molecule has 0 aliphatic carbocycles. The first-order valence-corrected chi connectivity index (χ1v) is 9.93. The molecule has 1 aromatic heterocycles. The fraction of sp³-hybridized carbons (Fsp3) is 0.368. The molecule has 2 heterocycles. The summed E-state index contributed by atoms with van der Waals surface area (Å²) in [6, 6.07) is 3.09. The maximum atomic E-state index is 12.8. The van der Waals surface area contributed by atoms with Gasteiger partial charge in [-0.25, -0.2) is 4.79 Å². The highest BCUT2D eigenvalue weighted by molar-refractivity contribution is 9.10. The number of hydrogen-bond donors (Lipinski definition) is 1. The van der Waals surface area contributed by atoms with E-state index in [1.807, 2.05) is 26.0 Å². The van der Waals surface area contributed by atoms with Gasteiger partial charge in [0, 0.05) is 5.70 Å². The molecule has 154 valence electrons. The molecule has 0 spiro atoms. The zero-order valence-electron chi connectivity index (χ0n) is 16.4. The number of hydrogen-bond acceptors (Lipinski definition) is 8. The molecule has 29 heavy (non-hydrogen) atoms. The minimum atomic E-state index is -0.607. The summed E-state index contributed by atoms with van der Waals surface area (Å²) in [5.41, 5.74) is 1.74. The molecule has 1 N–H and O–H groups in total. The number of ether oxygens (including phenoxy) is 3. The summed E-state index contributed by atoms with van der Waals surface area (Å²) in [5.74, 6) is 1.10. The van der Waals surface area contributed by atoms with Gasteiger partial charge in [0.25, 0.3) is 0 Å². The molecule has 10 heteroatoms. The molecule has 0 saturated heterocycles. The second-order valence-electron chi connectivity index (χ2n) is 6.10. The van der Waals surface area contributed by atoms with Gasteiger partial charge in [-0.2, -0.15) is 4.68 Å². The van der Waals surface area contributed by atoms with Crippen LogP contribution in [0.1, 0.15) is 32.4 Å². The summed E-state index contributed by atoms with van der Waals surface area (Å²) in [4.78, 5) is 12.8. The fourth-order valence-corrected chi connectivity index (χ4v) is 3.66. The van der Waals surface area contributed by atoms with Gasteiger partial charge in [0.05, 0.1) is 23.3 Å². The van der Waals surface area contributed by atoms with Crippen molar-refractivity contribution >= 4 is 27.8 Å². The van der Waals surface area contributed by atoms with Crippen LogP contribution in [0.15, 0.2) is 40.5 Å². The molecule has 1 aliphatic heterocycles. The zero-order valence-corrected chi connectivity index (χ0v) is 18.0. The lowest BCUT2D eigenvalue weighted by Crippen LogP contribution is -2.29. The van der Waals surface area contributed by atoms with Gasteiger partial charge in [0.1, 0.15) is 12.6 Å². The van der Waals surface area contributed by atoms with Gasteiger partial charge >= 0.3 is 5.97 Å². The Morgan fingerprint density at radius 2 is 2.10 bits per heavy atom. The van der Waals surface area contributed by atoms with Crippen LogP contribution in [-0.2, 0) is 9.53 Å². The summed E-state index contributed by atoms with van der Waals surface area (Å²) in [6.07, 6.45) is 1.52. The summed E-state index contributed by atoms with van der Waals surface area (Å²) in [5, 5.41) is 14.8. The number of fused-ring (bicyclic) bond motifs is 1. The molecule has 0 bridgehead atoms. The third-order valence-corrected chi connectivity index (χ3v) is 4.79. The molecule has 1 atom stereocenters. The average molecular weight is 464 g/mol. The number of benzene rings is 1. The van der Waals surface area contributed by atoms with Gasteiger partial charge in [-0.05, 0) is 64.8 Å². The number of carbonyl (C=O) groups excluding carboxylic acids is 1. The highest BCUT2D eigenvalue weighted by atomic mass is 79.9. The van der Waals surface area contributed by atoms with E-state index in [-0.39, 0.29) is 6.61 Å². The number of carbonyl (C=O) groups is 1. The van der Waals surface area contributed by atoms with Crippen LogP contribution in [0, 0.1) is 0 Å². The number of anilines is 1. The van der Waals surface area contributed by atoms with Gasteiger partial charge in [-0.3, -0.25) is 0 Å². The predicted octanol–water partition coefficient (Wildman–Crippen LogP) is 3.25. The van der Waals surface area contributed by atoms with E-state index >= 15 is 0 Å². The summed E-state index contributed by atoms with van der Waals surface area (Å²) < 4.78 is 19.0. The number of tetrazole rings is 1. The minimum Gasteiger partial charge on any atom is -0.490 e. The Morgan fingerprint density at radius 1 is 1.34 bits per heavy atom.